The number of rotatable bonds is 15. The molecular weight excluding hydrogens is 1290 g/mol. The zero-order valence-corrected chi connectivity index (χ0v) is 50.9. The van der Waals surface area contributed by atoms with Crippen molar-refractivity contribution in [2.45, 2.75) is 137 Å². The number of nitrogens with one attached hydrogen (secondary N) is 2. The van der Waals surface area contributed by atoms with Crippen molar-refractivity contribution >= 4 is 53.9 Å². The minimum atomic E-state index is -1.58. The molecule has 1 unspecified atom stereocenters. The number of carbonyl (C=O) groups is 5. The Morgan fingerprint density at radius 2 is 0.828 bits per heavy atom. The molecule has 64 heavy (non-hydrogen) atoms. The predicted molar refractivity (Wildman–Crippen MR) is 256 cm³/mol. The summed E-state index contributed by atoms with van der Waals surface area (Å²) in [5.74, 6) is 7.74. The molecule has 2 aromatic rings. The van der Waals surface area contributed by atoms with E-state index >= 15 is 0 Å². The molecule has 0 fully saturated rings. The normalized spacial score (nSPS) is 11.3. The van der Waals surface area contributed by atoms with Crippen LogP contribution in [0.4, 0.5) is 0 Å². The fraction of sp³-hybridized carbons (Fsp3) is 0.511. The van der Waals surface area contributed by atoms with Gasteiger partial charge in [-0.3, -0.25) is 24.0 Å². The van der Waals surface area contributed by atoms with Gasteiger partial charge in [-0.05, 0) is 31.9 Å². The molecule has 17 heteroatoms. The monoisotopic (exact) mass is 1360 g/mol. The molecule has 0 aliphatic heterocycles. The Morgan fingerprint density at radius 3 is 1.11 bits per heavy atom. The van der Waals surface area contributed by atoms with E-state index < -0.39 is 36.3 Å². The van der Waals surface area contributed by atoms with Gasteiger partial charge in [0.25, 0.3) is 0 Å². The van der Waals surface area contributed by atoms with Crippen LogP contribution in [0.25, 0.3) is 0 Å². The number of nitrogens with two attached hydrogens (primary N) is 1. The SMILES string of the molecule is C.CCOC(=O)CC(C#C[Si](C)(C)C)NC(=O)Cc1ccccc1.CCOC(=O)C[C@@H](C#C[Si](C)(C)C)NC(=O)Cc1ccccc1.CCOC(=O)C[C@@H](N)C#C[Si](C)(C)C.[U].[V].[W]. The topological polar surface area (TPSA) is 163 Å². The van der Waals surface area contributed by atoms with E-state index in [1.807, 2.05) is 60.7 Å². The zero-order valence-electron chi connectivity index (χ0n) is 39.4. The van der Waals surface area contributed by atoms with Crippen LogP contribution in [-0.2, 0) is 90.6 Å². The number of benzene rings is 2. The summed E-state index contributed by atoms with van der Waals surface area (Å²) in [7, 11) is -4.54. The van der Waals surface area contributed by atoms with Crippen LogP contribution in [0, 0.1) is 65.5 Å². The molecule has 11 nitrogen and oxygen atoms in total. The van der Waals surface area contributed by atoms with Crippen molar-refractivity contribution in [2.75, 3.05) is 19.8 Å². The molecule has 0 heterocycles. The Kier molecular flexibility index (Phi) is 42.4. The Hall–Kier alpha value is -2.59. The van der Waals surface area contributed by atoms with Gasteiger partial charge in [0.05, 0.1) is 58.0 Å². The first-order valence-corrected chi connectivity index (χ1v) is 30.9. The molecule has 0 bridgehead atoms. The molecule has 3 atom stereocenters. The average Bonchev–Trinajstić information content (AvgIpc) is 3.13. The third kappa shape index (κ3) is 43.3. The van der Waals surface area contributed by atoms with Crippen LogP contribution < -0.4 is 16.4 Å². The first-order valence-electron chi connectivity index (χ1n) is 20.4. The van der Waals surface area contributed by atoms with Gasteiger partial charge in [0.2, 0.25) is 11.8 Å². The van der Waals surface area contributed by atoms with E-state index in [9.17, 15) is 24.0 Å². The third-order valence-electron chi connectivity index (χ3n) is 7.00. The first-order chi connectivity index (χ1) is 27.9. The third-order valence-corrected chi connectivity index (χ3v) is 9.69. The second-order valence-corrected chi connectivity index (χ2v) is 31.0. The maximum absolute atomic E-state index is 12.2. The fourth-order valence-corrected chi connectivity index (χ4v) is 6.30. The molecule has 1 radical (unpaired) electrons. The fourth-order valence-electron chi connectivity index (χ4n) is 4.47. The van der Waals surface area contributed by atoms with Gasteiger partial charge in [-0.25, -0.2) is 0 Å². The van der Waals surface area contributed by atoms with Gasteiger partial charge in [0.1, 0.15) is 36.3 Å². The number of esters is 3. The van der Waals surface area contributed by atoms with E-state index in [0.717, 1.165) is 11.1 Å². The number of amides is 2. The van der Waals surface area contributed by atoms with E-state index in [0.29, 0.717) is 19.8 Å². The summed E-state index contributed by atoms with van der Waals surface area (Å²) in [6, 6.07) is 17.6. The van der Waals surface area contributed by atoms with Crippen molar-refractivity contribution in [3.8, 4) is 34.4 Å². The Balaban J connectivity index is -0.000000272. The summed E-state index contributed by atoms with van der Waals surface area (Å²) in [4.78, 5) is 58.7. The molecule has 2 aromatic carbocycles. The second kappa shape index (κ2) is 38.5. The number of hydrogen-bond acceptors (Lipinski definition) is 9. The van der Waals surface area contributed by atoms with Crippen molar-refractivity contribution in [1.82, 2.24) is 10.6 Å². The van der Waals surface area contributed by atoms with E-state index in [1.165, 1.54) is 0 Å². The van der Waals surface area contributed by atoms with Crippen LogP contribution in [0.1, 0.15) is 58.6 Å². The Bertz CT molecular complexity index is 1740. The van der Waals surface area contributed by atoms with Crippen molar-refractivity contribution in [3.63, 3.8) is 0 Å². The van der Waals surface area contributed by atoms with Gasteiger partial charge in [0, 0.05) is 70.7 Å². The van der Waals surface area contributed by atoms with E-state index in [-0.39, 0.29) is 146 Å². The van der Waals surface area contributed by atoms with E-state index in [4.69, 9.17) is 19.9 Å². The van der Waals surface area contributed by atoms with Crippen LogP contribution in [0.3, 0.4) is 0 Å². The molecule has 4 N–H and O–H groups in total. The van der Waals surface area contributed by atoms with Gasteiger partial charge in [-0.15, -0.1) is 16.6 Å². The summed E-state index contributed by atoms with van der Waals surface area (Å²) < 4.78 is 14.7. The maximum atomic E-state index is 12.2. The van der Waals surface area contributed by atoms with Crippen LogP contribution in [0.5, 0.6) is 0 Å². The number of hydrogen-bond donors (Lipinski definition) is 3. The van der Waals surface area contributed by atoms with E-state index in [2.05, 4.69) is 104 Å². The maximum Gasteiger partial charge on any atom is 0.308 e. The standard InChI is InChI=1S/2C18H25NO3Si.C10H19NO2Si.CH4.U.V.W/c2*1-5-22-18(21)14-16(11-12-23(2,3)4)19-17(20)13-15-9-7-6-8-10-15;1-5-13-10(12)8-9(11)6-7-14(2,3)4;;;;/h2*6-10,16H,5,13-14H2,1-4H3,(H,19,20);9H,5,8,11H2,1-4H3;1H4;;;/t16-;;9-;;;;/m1.0..../s1. The van der Waals surface area contributed by atoms with Crippen LogP contribution in [0.2, 0.25) is 58.9 Å². The van der Waals surface area contributed by atoms with Crippen LogP contribution in [0.15, 0.2) is 60.7 Å². The van der Waals surface area contributed by atoms with Crippen LogP contribution in [-0.4, -0.2) is 91.9 Å². The Morgan fingerprint density at radius 1 is 0.547 bits per heavy atom. The molecule has 351 valence electrons. The second-order valence-electron chi connectivity index (χ2n) is 16.8. The predicted octanol–water partition coefficient (Wildman–Crippen LogP) is 6.87. The van der Waals surface area contributed by atoms with Crippen LogP contribution >= 0.6 is 0 Å². The molecule has 0 aliphatic rings. The van der Waals surface area contributed by atoms with E-state index in [1.54, 1.807) is 20.8 Å². The van der Waals surface area contributed by atoms with Gasteiger partial charge in [-0.2, -0.15) is 0 Å². The zero-order chi connectivity index (χ0) is 45.8. The summed E-state index contributed by atoms with van der Waals surface area (Å²) >= 11 is 0. The molecule has 0 aliphatic carbocycles. The summed E-state index contributed by atoms with van der Waals surface area (Å²) in [6.07, 6.45) is 0.882. The molecule has 2 amide bonds. The van der Waals surface area contributed by atoms with Crippen molar-refractivity contribution in [3.05, 3.63) is 71.8 Å². The molecular formula is C47H73N3O8Si3UVW. The summed E-state index contributed by atoms with van der Waals surface area (Å²) in [6.45, 7) is 25.5. The summed E-state index contributed by atoms with van der Waals surface area (Å²) in [5, 5.41) is 5.67. The van der Waals surface area contributed by atoms with Crippen molar-refractivity contribution < 1.29 is 109 Å². The molecule has 0 saturated carbocycles. The largest absolute Gasteiger partial charge is 0.466 e. The quantitative estimate of drug-likeness (QED) is 0.0748. The van der Waals surface area contributed by atoms with Crippen molar-refractivity contribution in [2.24, 2.45) is 5.73 Å². The van der Waals surface area contributed by atoms with Gasteiger partial charge in [0.15, 0.2) is 0 Å². The van der Waals surface area contributed by atoms with Gasteiger partial charge in [-0.1, -0.05) is 145 Å². The van der Waals surface area contributed by atoms with Crippen molar-refractivity contribution in [1.29, 1.82) is 0 Å². The average molecular weight is 1370 g/mol. The van der Waals surface area contributed by atoms with Gasteiger partial charge >= 0.3 is 17.9 Å². The molecule has 0 saturated heterocycles. The number of carbonyl (C=O) groups excluding carboxylic acids is 5. The first kappa shape index (κ1) is 70.4. The number of ether oxygens (including phenoxy) is 3. The molecule has 0 aromatic heterocycles. The Labute approximate surface area is 438 Å². The van der Waals surface area contributed by atoms with Gasteiger partial charge < -0.3 is 30.6 Å². The minimum absolute atomic E-state index is 0. The smallest absolute Gasteiger partial charge is 0.308 e. The summed E-state index contributed by atoms with van der Waals surface area (Å²) in [5.41, 5.74) is 17.1. The molecule has 2 rings (SSSR count). The minimum Gasteiger partial charge on any atom is -0.466 e. The molecule has 0 spiro atoms.